The third-order valence-corrected chi connectivity index (χ3v) is 12.3. The number of carbonyl (C=O) groups is 2. The van der Waals surface area contributed by atoms with Crippen molar-refractivity contribution in [3.63, 3.8) is 0 Å². The number of unbranched alkanes of at least 4 members (excludes halogenated alkanes) is 33. The van der Waals surface area contributed by atoms with Gasteiger partial charge in [-0.1, -0.05) is 229 Å². The van der Waals surface area contributed by atoms with Crippen LogP contribution in [0.2, 0.25) is 0 Å². The molecule has 3 N–H and O–H groups in total. The van der Waals surface area contributed by atoms with E-state index < -0.39 is 12.1 Å². The monoisotopic (exact) mass is 884 g/mol. The fourth-order valence-electron chi connectivity index (χ4n) is 8.08. The lowest BCUT2D eigenvalue weighted by Crippen LogP contribution is -2.45. The summed E-state index contributed by atoms with van der Waals surface area (Å²) in [7, 11) is 0. The normalized spacial score (nSPS) is 13.0. The molecular weight excluding hydrogens is 779 g/mol. The van der Waals surface area contributed by atoms with Gasteiger partial charge in [-0.25, -0.2) is 0 Å². The highest BCUT2D eigenvalue weighted by atomic mass is 16.5. The molecule has 368 valence electrons. The van der Waals surface area contributed by atoms with Crippen molar-refractivity contribution in [3.05, 3.63) is 48.6 Å². The maximum absolute atomic E-state index is 12.4. The summed E-state index contributed by atoms with van der Waals surface area (Å²) in [6, 6.07) is -0.634. The number of aliphatic hydroxyl groups excluding tert-OH is 2. The van der Waals surface area contributed by atoms with Crippen LogP contribution >= 0.6 is 0 Å². The van der Waals surface area contributed by atoms with Gasteiger partial charge in [0.25, 0.3) is 0 Å². The second kappa shape index (κ2) is 52.4. The van der Waals surface area contributed by atoms with Gasteiger partial charge in [0.2, 0.25) is 5.91 Å². The van der Waals surface area contributed by atoms with Gasteiger partial charge in [-0.3, -0.25) is 9.59 Å². The van der Waals surface area contributed by atoms with Gasteiger partial charge in [-0.15, -0.1) is 0 Å². The Morgan fingerprint density at radius 2 is 0.825 bits per heavy atom. The minimum atomic E-state index is -0.850. The summed E-state index contributed by atoms with van der Waals surface area (Å²) in [5.74, 6) is -0.0888. The molecule has 1 amide bonds. The van der Waals surface area contributed by atoms with Crippen LogP contribution in [0.1, 0.15) is 277 Å². The molecule has 0 aliphatic carbocycles. The molecule has 0 radical (unpaired) electrons. The van der Waals surface area contributed by atoms with Gasteiger partial charge < -0.3 is 20.3 Å². The van der Waals surface area contributed by atoms with Gasteiger partial charge in [0.1, 0.15) is 0 Å². The standard InChI is InChI=1S/C57H105NO5/c1-3-5-7-9-11-13-15-25-29-33-37-41-45-49-55(60)54(53-59)58-56(61)50-46-42-38-34-30-27-23-21-19-17-18-20-22-24-28-32-36-40-44-48-52-63-57(62)51-47-43-39-35-31-26-16-14-12-10-8-6-4-2/h8,10,14,16-17,19,45,49,54-55,59-60H,3-7,9,11-13,15,18,20-44,46-48,50-53H2,1-2H3,(H,58,61)/b10-8-,16-14-,19-17-,49-45+. The van der Waals surface area contributed by atoms with Gasteiger partial charge in [-0.2, -0.15) is 0 Å². The Hall–Kier alpha value is -2.18. The van der Waals surface area contributed by atoms with Crippen molar-refractivity contribution in [3.8, 4) is 0 Å². The molecule has 0 bridgehead atoms. The molecule has 0 aromatic heterocycles. The van der Waals surface area contributed by atoms with Gasteiger partial charge in [-0.05, 0) is 83.5 Å². The van der Waals surface area contributed by atoms with Crippen molar-refractivity contribution < 1.29 is 24.5 Å². The molecule has 0 aromatic rings. The Kier molecular flexibility index (Phi) is 50.6. The average molecular weight is 884 g/mol. The molecule has 2 atom stereocenters. The smallest absolute Gasteiger partial charge is 0.305 e. The van der Waals surface area contributed by atoms with Crippen LogP contribution < -0.4 is 5.32 Å². The minimum absolute atomic E-state index is 0.0107. The number of rotatable bonds is 50. The van der Waals surface area contributed by atoms with Crippen LogP contribution in [-0.4, -0.2) is 47.4 Å². The number of amides is 1. The molecule has 0 spiro atoms. The van der Waals surface area contributed by atoms with Gasteiger partial charge in [0, 0.05) is 12.8 Å². The first-order valence-electron chi connectivity index (χ1n) is 27.4. The van der Waals surface area contributed by atoms with Crippen LogP contribution in [0.3, 0.4) is 0 Å². The van der Waals surface area contributed by atoms with E-state index in [0.717, 1.165) is 57.8 Å². The summed E-state index contributed by atoms with van der Waals surface area (Å²) in [5.41, 5.74) is 0. The van der Waals surface area contributed by atoms with E-state index in [0.29, 0.717) is 19.4 Å². The van der Waals surface area contributed by atoms with Gasteiger partial charge >= 0.3 is 5.97 Å². The Labute approximate surface area is 391 Å². The van der Waals surface area contributed by atoms with Crippen LogP contribution in [0.5, 0.6) is 0 Å². The molecule has 0 rings (SSSR count). The Morgan fingerprint density at radius 1 is 0.444 bits per heavy atom. The highest BCUT2D eigenvalue weighted by Gasteiger charge is 2.18. The molecule has 0 saturated heterocycles. The van der Waals surface area contributed by atoms with Crippen LogP contribution in [0.25, 0.3) is 0 Å². The summed E-state index contributed by atoms with van der Waals surface area (Å²) in [4.78, 5) is 24.4. The highest BCUT2D eigenvalue weighted by Crippen LogP contribution is 2.15. The number of nitrogens with one attached hydrogen (secondary N) is 1. The number of carbonyl (C=O) groups excluding carboxylic acids is 2. The second-order valence-electron chi connectivity index (χ2n) is 18.5. The lowest BCUT2D eigenvalue weighted by Gasteiger charge is -2.20. The number of esters is 1. The van der Waals surface area contributed by atoms with Crippen LogP contribution in [0.15, 0.2) is 48.6 Å². The molecule has 0 aliphatic heterocycles. The molecule has 0 heterocycles. The zero-order valence-electron chi connectivity index (χ0n) is 41.8. The van der Waals surface area contributed by atoms with Crippen molar-refractivity contribution in [2.45, 2.75) is 289 Å². The van der Waals surface area contributed by atoms with Gasteiger partial charge in [0.15, 0.2) is 0 Å². The van der Waals surface area contributed by atoms with Crippen molar-refractivity contribution in [1.82, 2.24) is 5.32 Å². The molecule has 6 nitrogen and oxygen atoms in total. The second-order valence-corrected chi connectivity index (χ2v) is 18.5. The lowest BCUT2D eigenvalue weighted by atomic mass is 10.0. The SMILES string of the molecule is CCC/C=C\C/C=C\CCCCCCCC(=O)OCCCCCCCCCCC/C=C\CCCCCCCCCC(=O)NC(CO)C(O)/C=C/CCCCCCCCCCCCC. The van der Waals surface area contributed by atoms with Crippen LogP contribution in [-0.2, 0) is 14.3 Å². The molecular formula is C57H105NO5. The first-order chi connectivity index (χ1) is 31.0. The summed E-state index contributed by atoms with van der Waals surface area (Å²) in [5, 5.41) is 23.0. The quantitative estimate of drug-likeness (QED) is 0.0321. The van der Waals surface area contributed by atoms with Crippen molar-refractivity contribution in [1.29, 1.82) is 0 Å². The molecule has 6 heteroatoms. The third-order valence-electron chi connectivity index (χ3n) is 12.3. The molecule has 2 unspecified atom stereocenters. The van der Waals surface area contributed by atoms with Crippen molar-refractivity contribution >= 4 is 11.9 Å². The van der Waals surface area contributed by atoms with Crippen LogP contribution in [0, 0.1) is 0 Å². The summed E-state index contributed by atoms with van der Waals surface area (Å²) < 4.78 is 5.45. The fraction of sp³-hybridized carbons (Fsp3) is 0.825. The molecule has 63 heavy (non-hydrogen) atoms. The number of allylic oxidation sites excluding steroid dienone is 7. The van der Waals surface area contributed by atoms with E-state index in [1.54, 1.807) is 6.08 Å². The largest absolute Gasteiger partial charge is 0.466 e. The molecule has 0 saturated carbocycles. The van der Waals surface area contributed by atoms with E-state index in [1.807, 2.05) is 6.08 Å². The van der Waals surface area contributed by atoms with E-state index in [2.05, 4.69) is 55.6 Å². The first-order valence-corrected chi connectivity index (χ1v) is 27.4. The lowest BCUT2D eigenvalue weighted by molar-refractivity contribution is -0.143. The number of ether oxygens (including phenoxy) is 1. The van der Waals surface area contributed by atoms with Gasteiger partial charge in [0.05, 0.1) is 25.4 Å². The molecule has 0 fully saturated rings. The maximum Gasteiger partial charge on any atom is 0.305 e. The third kappa shape index (κ3) is 49.1. The number of aliphatic hydroxyl groups is 2. The summed E-state index contributed by atoms with van der Waals surface area (Å²) in [6.45, 7) is 4.81. The first kappa shape index (κ1) is 60.8. The van der Waals surface area contributed by atoms with Crippen molar-refractivity contribution in [2.24, 2.45) is 0 Å². The Morgan fingerprint density at radius 3 is 1.29 bits per heavy atom. The van der Waals surface area contributed by atoms with E-state index in [4.69, 9.17) is 4.74 Å². The Balaban J connectivity index is 3.47. The topological polar surface area (TPSA) is 95.9 Å². The summed E-state index contributed by atoms with van der Waals surface area (Å²) >= 11 is 0. The van der Waals surface area contributed by atoms with Crippen LogP contribution in [0.4, 0.5) is 0 Å². The minimum Gasteiger partial charge on any atom is -0.466 e. The fourth-order valence-corrected chi connectivity index (χ4v) is 8.08. The van der Waals surface area contributed by atoms with Crippen molar-refractivity contribution in [2.75, 3.05) is 13.2 Å². The zero-order chi connectivity index (χ0) is 45.8. The van der Waals surface area contributed by atoms with E-state index in [-0.39, 0.29) is 18.5 Å². The maximum atomic E-state index is 12.4. The van der Waals surface area contributed by atoms with E-state index >= 15 is 0 Å². The predicted octanol–water partition coefficient (Wildman–Crippen LogP) is 16.6. The number of hydrogen-bond acceptors (Lipinski definition) is 5. The average Bonchev–Trinajstić information content (AvgIpc) is 3.28. The van der Waals surface area contributed by atoms with E-state index in [1.165, 1.54) is 193 Å². The van der Waals surface area contributed by atoms with E-state index in [9.17, 15) is 19.8 Å². The highest BCUT2D eigenvalue weighted by molar-refractivity contribution is 5.76. The molecule has 0 aliphatic rings. The zero-order valence-corrected chi connectivity index (χ0v) is 41.8. The Bertz CT molecular complexity index is 1070. The number of hydrogen-bond donors (Lipinski definition) is 3. The molecule has 0 aromatic carbocycles. The predicted molar refractivity (Wildman–Crippen MR) is 273 cm³/mol. The summed E-state index contributed by atoms with van der Waals surface area (Å²) in [6.07, 6.45) is 65.5.